The van der Waals surface area contributed by atoms with Gasteiger partial charge in [-0.2, -0.15) is 0 Å². The van der Waals surface area contributed by atoms with E-state index in [1.54, 1.807) is 0 Å². The molecule has 0 aromatic heterocycles. The standard InChI is InChI=1S/C16H24N2O/c1-3-6-16(19)17-14-8-10-15(11-9-14)18-12-5-4-7-13(18)2/h8-11,13H,3-7,12H2,1-2H3,(H,17,19)/t13-/m1/s1. The van der Waals surface area contributed by atoms with Crippen LogP contribution in [-0.2, 0) is 4.79 Å². The molecule has 2 rings (SSSR count). The number of piperidine rings is 1. The third-order valence-corrected chi connectivity index (χ3v) is 3.76. The van der Waals surface area contributed by atoms with Crippen molar-refractivity contribution >= 4 is 17.3 Å². The number of hydrogen-bond donors (Lipinski definition) is 1. The highest BCUT2D eigenvalue weighted by molar-refractivity contribution is 5.90. The van der Waals surface area contributed by atoms with Crippen LogP contribution in [0.1, 0.15) is 46.0 Å². The summed E-state index contributed by atoms with van der Waals surface area (Å²) in [6.07, 6.45) is 5.36. The lowest BCUT2D eigenvalue weighted by molar-refractivity contribution is -0.116. The van der Waals surface area contributed by atoms with Gasteiger partial charge in [0.15, 0.2) is 0 Å². The number of carbonyl (C=O) groups is 1. The van der Waals surface area contributed by atoms with E-state index in [-0.39, 0.29) is 5.91 Å². The maximum absolute atomic E-state index is 11.5. The number of nitrogens with one attached hydrogen (secondary N) is 1. The second-order valence-corrected chi connectivity index (χ2v) is 5.38. The molecule has 1 aromatic rings. The van der Waals surface area contributed by atoms with Gasteiger partial charge in [0, 0.05) is 30.4 Å². The summed E-state index contributed by atoms with van der Waals surface area (Å²) in [5.41, 5.74) is 2.16. The fourth-order valence-electron chi connectivity index (χ4n) is 2.67. The molecule has 1 aromatic carbocycles. The number of nitrogens with zero attached hydrogens (tertiary/aromatic N) is 1. The van der Waals surface area contributed by atoms with E-state index < -0.39 is 0 Å². The monoisotopic (exact) mass is 260 g/mol. The number of carbonyl (C=O) groups excluding carboxylic acids is 1. The summed E-state index contributed by atoms with van der Waals surface area (Å²) in [6, 6.07) is 8.86. The molecular weight excluding hydrogens is 236 g/mol. The van der Waals surface area contributed by atoms with Crippen LogP contribution in [0.3, 0.4) is 0 Å². The minimum Gasteiger partial charge on any atom is -0.369 e. The second kappa shape index (κ2) is 6.60. The lowest BCUT2D eigenvalue weighted by atomic mass is 10.0. The summed E-state index contributed by atoms with van der Waals surface area (Å²) in [7, 11) is 0. The van der Waals surface area contributed by atoms with Crippen molar-refractivity contribution in [3.8, 4) is 0 Å². The van der Waals surface area contributed by atoms with Crippen LogP contribution < -0.4 is 10.2 Å². The van der Waals surface area contributed by atoms with Gasteiger partial charge in [-0.1, -0.05) is 6.92 Å². The van der Waals surface area contributed by atoms with E-state index in [0.717, 1.165) is 18.7 Å². The Labute approximate surface area is 116 Å². The Morgan fingerprint density at radius 3 is 2.68 bits per heavy atom. The first-order valence-electron chi connectivity index (χ1n) is 7.37. The predicted molar refractivity (Wildman–Crippen MR) is 80.6 cm³/mol. The summed E-state index contributed by atoms with van der Waals surface area (Å²) in [4.78, 5) is 14.0. The lowest BCUT2D eigenvalue weighted by Gasteiger charge is -2.35. The van der Waals surface area contributed by atoms with Gasteiger partial charge in [-0.25, -0.2) is 0 Å². The second-order valence-electron chi connectivity index (χ2n) is 5.38. The van der Waals surface area contributed by atoms with Crippen LogP contribution in [0.2, 0.25) is 0 Å². The highest BCUT2D eigenvalue weighted by Gasteiger charge is 2.18. The normalized spacial score (nSPS) is 19.3. The average Bonchev–Trinajstić information content (AvgIpc) is 2.41. The smallest absolute Gasteiger partial charge is 0.224 e. The molecule has 19 heavy (non-hydrogen) atoms. The fraction of sp³-hybridized carbons (Fsp3) is 0.562. The van der Waals surface area contributed by atoms with Gasteiger partial charge < -0.3 is 10.2 Å². The Kier molecular flexibility index (Phi) is 4.83. The Morgan fingerprint density at radius 2 is 2.05 bits per heavy atom. The number of anilines is 2. The molecule has 0 spiro atoms. The van der Waals surface area contributed by atoms with Crippen LogP contribution >= 0.6 is 0 Å². The molecule has 1 amide bonds. The van der Waals surface area contributed by atoms with Crippen molar-refractivity contribution in [3.63, 3.8) is 0 Å². The Hall–Kier alpha value is -1.51. The van der Waals surface area contributed by atoms with Crippen molar-refractivity contribution in [2.75, 3.05) is 16.8 Å². The molecule has 1 fully saturated rings. The molecule has 1 aliphatic heterocycles. The molecule has 0 saturated carbocycles. The molecule has 1 aliphatic rings. The Bertz CT molecular complexity index is 413. The van der Waals surface area contributed by atoms with Crippen LogP contribution in [0.5, 0.6) is 0 Å². The summed E-state index contributed by atoms with van der Waals surface area (Å²) >= 11 is 0. The number of rotatable bonds is 4. The largest absolute Gasteiger partial charge is 0.369 e. The van der Waals surface area contributed by atoms with Crippen molar-refractivity contribution in [2.24, 2.45) is 0 Å². The van der Waals surface area contributed by atoms with E-state index in [1.165, 1.54) is 24.9 Å². The van der Waals surface area contributed by atoms with Crippen molar-refractivity contribution in [3.05, 3.63) is 24.3 Å². The third-order valence-electron chi connectivity index (χ3n) is 3.76. The van der Waals surface area contributed by atoms with Gasteiger partial charge in [-0.3, -0.25) is 4.79 Å². The van der Waals surface area contributed by atoms with E-state index in [0.29, 0.717) is 12.5 Å². The van der Waals surface area contributed by atoms with Crippen LogP contribution in [0.4, 0.5) is 11.4 Å². The zero-order chi connectivity index (χ0) is 13.7. The lowest BCUT2D eigenvalue weighted by Crippen LogP contribution is -2.37. The molecule has 1 heterocycles. The predicted octanol–water partition coefficient (Wildman–Crippen LogP) is 3.80. The summed E-state index contributed by atoms with van der Waals surface area (Å²) in [6.45, 7) is 5.44. The SMILES string of the molecule is CCCC(=O)Nc1ccc(N2CCCC[C@H]2C)cc1. The Balaban J connectivity index is 1.99. The van der Waals surface area contributed by atoms with E-state index in [2.05, 4.69) is 29.3 Å². The zero-order valence-corrected chi connectivity index (χ0v) is 12.0. The number of hydrogen-bond acceptors (Lipinski definition) is 2. The first kappa shape index (κ1) is 13.9. The molecular formula is C16H24N2O. The minimum absolute atomic E-state index is 0.0987. The fourth-order valence-corrected chi connectivity index (χ4v) is 2.67. The number of amides is 1. The van der Waals surface area contributed by atoms with E-state index in [9.17, 15) is 4.79 Å². The molecule has 0 unspecified atom stereocenters. The van der Waals surface area contributed by atoms with Gasteiger partial charge in [0.05, 0.1) is 0 Å². The first-order chi connectivity index (χ1) is 9.20. The van der Waals surface area contributed by atoms with Gasteiger partial charge in [0.2, 0.25) is 5.91 Å². The van der Waals surface area contributed by atoms with Crippen molar-refractivity contribution < 1.29 is 4.79 Å². The topological polar surface area (TPSA) is 32.3 Å². The molecule has 3 nitrogen and oxygen atoms in total. The molecule has 0 radical (unpaired) electrons. The van der Waals surface area contributed by atoms with Crippen LogP contribution in [0.15, 0.2) is 24.3 Å². The van der Waals surface area contributed by atoms with Crippen molar-refractivity contribution in [1.82, 2.24) is 0 Å². The van der Waals surface area contributed by atoms with Gasteiger partial charge in [-0.15, -0.1) is 0 Å². The van der Waals surface area contributed by atoms with Gasteiger partial charge in [0.25, 0.3) is 0 Å². The summed E-state index contributed by atoms with van der Waals surface area (Å²) in [5, 5.41) is 2.93. The van der Waals surface area contributed by atoms with E-state index >= 15 is 0 Å². The first-order valence-corrected chi connectivity index (χ1v) is 7.37. The molecule has 0 bridgehead atoms. The molecule has 104 valence electrons. The average molecular weight is 260 g/mol. The summed E-state index contributed by atoms with van der Waals surface area (Å²) < 4.78 is 0. The maximum atomic E-state index is 11.5. The highest BCUT2D eigenvalue weighted by Crippen LogP contribution is 2.25. The van der Waals surface area contributed by atoms with Crippen molar-refractivity contribution in [1.29, 1.82) is 0 Å². The quantitative estimate of drug-likeness (QED) is 0.893. The van der Waals surface area contributed by atoms with Crippen molar-refractivity contribution in [2.45, 2.75) is 52.0 Å². The Morgan fingerprint density at radius 1 is 1.32 bits per heavy atom. The van der Waals surface area contributed by atoms with Crippen LogP contribution in [0, 0.1) is 0 Å². The molecule has 3 heteroatoms. The van der Waals surface area contributed by atoms with E-state index in [4.69, 9.17) is 0 Å². The minimum atomic E-state index is 0.0987. The zero-order valence-electron chi connectivity index (χ0n) is 12.0. The van der Waals surface area contributed by atoms with Gasteiger partial charge >= 0.3 is 0 Å². The molecule has 1 N–H and O–H groups in total. The van der Waals surface area contributed by atoms with Crippen LogP contribution in [0.25, 0.3) is 0 Å². The molecule has 0 aliphatic carbocycles. The molecule has 1 saturated heterocycles. The highest BCUT2D eigenvalue weighted by atomic mass is 16.1. The van der Waals surface area contributed by atoms with Crippen LogP contribution in [-0.4, -0.2) is 18.5 Å². The molecule has 1 atom stereocenters. The van der Waals surface area contributed by atoms with Gasteiger partial charge in [0.1, 0.15) is 0 Å². The number of benzene rings is 1. The van der Waals surface area contributed by atoms with Gasteiger partial charge in [-0.05, 0) is 56.9 Å². The van der Waals surface area contributed by atoms with E-state index in [1.807, 2.05) is 19.1 Å². The maximum Gasteiger partial charge on any atom is 0.224 e. The summed E-state index contributed by atoms with van der Waals surface area (Å²) in [5.74, 6) is 0.0987. The third kappa shape index (κ3) is 3.72.